The molecule has 0 saturated carbocycles. The van der Waals surface area contributed by atoms with Gasteiger partial charge in [0.1, 0.15) is 11.6 Å². The maximum atomic E-state index is 13.0. The second-order valence-corrected chi connectivity index (χ2v) is 6.74. The predicted octanol–water partition coefficient (Wildman–Crippen LogP) is 4.04. The first-order valence-electron chi connectivity index (χ1n) is 8.92. The maximum Gasteiger partial charge on any atom is 0.263 e. The Labute approximate surface area is 158 Å². The number of carbonyl (C=O) groups is 2. The summed E-state index contributed by atoms with van der Waals surface area (Å²) in [6, 6.07) is 12.8. The zero-order valence-corrected chi connectivity index (χ0v) is 15.8. The summed E-state index contributed by atoms with van der Waals surface area (Å²) in [7, 11) is 0. The Morgan fingerprint density at radius 3 is 2.26 bits per heavy atom. The number of amides is 2. The number of benzene rings is 2. The van der Waals surface area contributed by atoms with E-state index in [1.165, 1.54) is 24.3 Å². The van der Waals surface area contributed by atoms with Crippen molar-refractivity contribution in [2.75, 3.05) is 5.32 Å². The van der Waals surface area contributed by atoms with Gasteiger partial charge in [0.2, 0.25) is 5.91 Å². The van der Waals surface area contributed by atoms with Gasteiger partial charge in [-0.15, -0.1) is 0 Å². The molecule has 27 heavy (non-hydrogen) atoms. The molecule has 2 aromatic carbocycles. The van der Waals surface area contributed by atoms with Gasteiger partial charge in [-0.3, -0.25) is 9.59 Å². The monoisotopic (exact) mass is 372 g/mol. The van der Waals surface area contributed by atoms with Crippen LogP contribution in [-0.4, -0.2) is 17.4 Å². The van der Waals surface area contributed by atoms with E-state index in [4.69, 9.17) is 4.74 Å². The SMILES string of the molecule is CCCC(=O)Nc1ccc(CNC(=O)C(C)(C)Oc2ccc(F)cc2)cc1. The summed E-state index contributed by atoms with van der Waals surface area (Å²) in [5.41, 5.74) is 0.518. The number of rotatable bonds is 8. The molecule has 0 spiro atoms. The third-order valence-electron chi connectivity index (χ3n) is 3.90. The van der Waals surface area contributed by atoms with Crippen LogP contribution in [0.15, 0.2) is 48.5 Å². The van der Waals surface area contributed by atoms with E-state index in [1.54, 1.807) is 26.0 Å². The molecule has 0 atom stereocenters. The average molecular weight is 372 g/mol. The highest BCUT2D eigenvalue weighted by molar-refractivity contribution is 5.90. The first-order chi connectivity index (χ1) is 12.8. The van der Waals surface area contributed by atoms with Gasteiger partial charge in [0, 0.05) is 18.7 Å². The molecule has 2 N–H and O–H groups in total. The summed E-state index contributed by atoms with van der Waals surface area (Å²) in [5.74, 6) is -0.243. The molecular formula is C21H25FN2O3. The highest BCUT2D eigenvalue weighted by Crippen LogP contribution is 2.19. The fraction of sp³-hybridized carbons (Fsp3) is 0.333. The number of hydrogen-bond donors (Lipinski definition) is 2. The highest BCUT2D eigenvalue weighted by Gasteiger charge is 2.29. The van der Waals surface area contributed by atoms with Crippen LogP contribution in [0.4, 0.5) is 10.1 Å². The van der Waals surface area contributed by atoms with Gasteiger partial charge in [0.15, 0.2) is 5.60 Å². The quantitative estimate of drug-likeness (QED) is 0.735. The molecule has 0 aliphatic heterocycles. The van der Waals surface area contributed by atoms with Crippen molar-refractivity contribution < 1.29 is 18.7 Å². The van der Waals surface area contributed by atoms with Crippen molar-refractivity contribution in [2.45, 2.75) is 45.8 Å². The van der Waals surface area contributed by atoms with E-state index in [0.717, 1.165) is 17.7 Å². The van der Waals surface area contributed by atoms with Crippen molar-refractivity contribution >= 4 is 17.5 Å². The maximum absolute atomic E-state index is 13.0. The second kappa shape index (κ2) is 9.16. The van der Waals surface area contributed by atoms with Gasteiger partial charge >= 0.3 is 0 Å². The molecule has 0 fully saturated rings. The zero-order valence-electron chi connectivity index (χ0n) is 15.8. The van der Waals surface area contributed by atoms with Crippen molar-refractivity contribution in [1.82, 2.24) is 5.32 Å². The Hall–Kier alpha value is -2.89. The minimum atomic E-state index is -1.11. The van der Waals surface area contributed by atoms with Crippen LogP contribution in [0, 0.1) is 5.82 Å². The van der Waals surface area contributed by atoms with Gasteiger partial charge in [0.25, 0.3) is 5.91 Å². The van der Waals surface area contributed by atoms with Crippen LogP contribution in [-0.2, 0) is 16.1 Å². The Kier molecular flexibility index (Phi) is 6.93. The lowest BCUT2D eigenvalue weighted by atomic mass is 10.1. The van der Waals surface area contributed by atoms with Crippen molar-refractivity contribution in [3.05, 3.63) is 59.9 Å². The summed E-state index contributed by atoms with van der Waals surface area (Å²) in [6.07, 6.45) is 1.28. The first kappa shape index (κ1) is 20.4. The molecule has 5 nitrogen and oxygen atoms in total. The minimum absolute atomic E-state index is 0.0155. The number of carbonyl (C=O) groups excluding carboxylic acids is 2. The minimum Gasteiger partial charge on any atom is -0.478 e. The second-order valence-electron chi connectivity index (χ2n) is 6.74. The van der Waals surface area contributed by atoms with Gasteiger partial charge in [-0.05, 0) is 62.2 Å². The third-order valence-corrected chi connectivity index (χ3v) is 3.90. The Morgan fingerprint density at radius 1 is 1.04 bits per heavy atom. The Bertz CT molecular complexity index is 771. The van der Waals surface area contributed by atoms with Crippen LogP contribution >= 0.6 is 0 Å². The molecule has 6 heteroatoms. The van der Waals surface area contributed by atoms with Gasteiger partial charge in [0.05, 0.1) is 0 Å². The molecule has 2 amide bonds. The van der Waals surface area contributed by atoms with Gasteiger partial charge in [-0.25, -0.2) is 4.39 Å². The van der Waals surface area contributed by atoms with E-state index >= 15 is 0 Å². The highest BCUT2D eigenvalue weighted by atomic mass is 19.1. The average Bonchev–Trinajstić information content (AvgIpc) is 2.63. The van der Waals surface area contributed by atoms with Crippen LogP contribution in [0.3, 0.4) is 0 Å². The van der Waals surface area contributed by atoms with Crippen molar-refractivity contribution in [3.8, 4) is 5.75 Å². The number of hydrogen-bond acceptors (Lipinski definition) is 3. The van der Waals surface area contributed by atoms with Gasteiger partial charge < -0.3 is 15.4 Å². The summed E-state index contributed by atoms with van der Waals surface area (Å²) in [6.45, 7) is 5.58. The number of anilines is 1. The van der Waals surface area contributed by atoms with E-state index in [1.807, 2.05) is 19.1 Å². The predicted molar refractivity (Wildman–Crippen MR) is 103 cm³/mol. The van der Waals surface area contributed by atoms with E-state index in [2.05, 4.69) is 10.6 Å². The molecular weight excluding hydrogens is 347 g/mol. The lowest BCUT2D eigenvalue weighted by molar-refractivity contribution is -0.134. The van der Waals surface area contributed by atoms with Crippen molar-refractivity contribution in [2.24, 2.45) is 0 Å². The Morgan fingerprint density at radius 2 is 1.67 bits per heavy atom. The molecule has 2 aromatic rings. The molecule has 0 heterocycles. The number of nitrogens with one attached hydrogen (secondary N) is 2. The topological polar surface area (TPSA) is 67.4 Å². The molecule has 144 valence electrons. The molecule has 0 aliphatic rings. The first-order valence-corrected chi connectivity index (χ1v) is 8.92. The van der Waals surface area contributed by atoms with Gasteiger partial charge in [-0.1, -0.05) is 19.1 Å². The lowest BCUT2D eigenvalue weighted by Gasteiger charge is -2.25. The Balaban J connectivity index is 1.88. The van der Waals surface area contributed by atoms with E-state index < -0.39 is 5.60 Å². The summed E-state index contributed by atoms with van der Waals surface area (Å²) >= 11 is 0. The van der Waals surface area contributed by atoms with Crippen LogP contribution in [0.1, 0.15) is 39.2 Å². The van der Waals surface area contributed by atoms with Crippen LogP contribution in [0.5, 0.6) is 5.75 Å². The van der Waals surface area contributed by atoms with Crippen molar-refractivity contribution in [3.63, 3.8) is 0 Å². The largest absolute Gasteiger partial charge is 0.478 e. The van der Waals surface area contributed by atoms with E-state index in [0.29, 0.717) is 18.7 Å². The molecule has 2 rings (SSSR count). The van der Waals surface area contributed by atoms with E-state index in [-0.39, 0.29) is 17.6 Å². The molecule has 0 saturated heterocycles. The van der Waals surface area contributed by atoms with Crippen LogP contribution < -0.4 is 15.4 Å². The molecule has 0 aromatic heterocycles. The molecule has 0 aliphatic carbocycles. The summed E-state index contributed by atoms with van der Waals surface area (Å²) in [5, 5.41) is 5.64. The third kappa shape index (κ3) is 6.40. The fourth-order valence-electron chi connectivity index (χ4n) is 2.40. The standard InChI is InChI=1S/C21H25FN2O3/c1-4-5-19(25)24-17-10-6-15(7-11-17)14-23-20(26)21(2,3)27-18-12-8-16(22)9-13-18/h6-13H,4-5,14H2,1-3H3,(H,23,26)(H,24,25). The number of halogens is 1. The van der Waals surface area contributed by atoms with Crippen LogP contribution in [0.2, 0.25) is 0 Å². The van der Waals surface area contributed by atoms with E-state index in [9.17, 15) is 14.0 Å². The van der Waals surface area contributed by atoms with Crippen LogP contribution in [0.25, 0.3) is 0 Å². The lowest BCUT2D eigenvalue weighted by Crippen LogP contribution is -2.46. The van der Waals surface area contributed by atoms with Gasteiger partial charge in [-0.2, -0.15) is 0 Å². The number of ether oxygens (including phenoxy) is 1. The normalized spacial score (nSPS) is 11.0. The fourth-order valence-corrected chi connectivity index (χ4v) is 2.40. The summed E-state index contributed by atoms with van der Waals surface area (Å²) < 4.78 is 18.6. The molecule has 0 bridgehead atoms. The zero-order chi connectivity index (χ0) is 19.9. The summed E-state index contributed by atoms with van der Waals surface area (Å²) in [4.78, 5) is 24.0. The smallest absolute Gasteiger partial charge is 0.263 e. The van der Waals surface area contributed by atoms with Crippen molar-refractivity contribution in [1.29, 1.82) is 0 Å². The molecule has 0 unspecified atom stereocenters. The molecule has 0 radical (unpaired) electrons.